The molecule has 1 aromatic heterocycles. The van der Waals surface area contributed by atoms with E-state index in [1.54, 1.807) is 51.1 Å². The van der Waals surface area contributed by atoms with Gasteiger partial charge in [-0.1, -0.05) is 26.8 Å². The maximum atomic E-state index is 13.5. The monoisotopic (exact) mass is 571 g/mol. The standard InChI is InChI=1S/C28H30F3N6O4/c1-27(2,3)16-37(41-25(39)28(29,30)31)21-10-11-22(33-23(21)34(4)26(37)40)35-14-20-9-8-19(35)15-36(20)24(38)18-7-5-6-17(12-18)13-32/h5-7,10-12,19-20H,8-9,14-16H2,1-4H3/q+1. The highest BCUT2D eigenvalue weighted by molar-refractivity contribution is 6.08. The van der Waals surface area contributed by atoms with Crippen molar-refractivity contribution in [3.8, 4) is 6.07 Å². The third-order valence-corrected chi connectivity index (χ3v) is 7.63. The van der Waals surface area contributed by atoms with Gasteiger partial charge in [0, 0.05) is 49.3 Å². The molecule has 3 saturated heterocycles. The Balaban J connectivity index is 1.44. The second-order valence-electron chi connectivity index (χ2n) is 11.9. The number of carbonyl (C=O) groups is 3. The van der Waals surface area contributed by atoms with Crippen LogP contribution in [0.1, 0.15) is 49.5 Å². The van der Waals surface area contributed by atoms with Crippen molar-refractivity contribution in [3.05, 3.63) is 47.5 Å². The van der Waals surface area contributed by atoms with E-state index >= 15 is 0 Å². The Bertz CT molecular complexity index is 1470. The minimum Gasteiger partial charge on any atom is -0.350 e. The topological polar surface area (TPSA) is 107 Å². The van der Waals surface area contributed by atoms with E-state index in [0.29, 0.717) is 30.0 Å². The van der Waals surface area contributed by atoms with Gasteiger partial charge in [0.15, 0.2) is 0 Å². The molecule has 3 unspecified atom stereocenters. The summed E-state index contributed by atoms with van der Waals surface area (Å²) in [6, 6.07) is 10.7. The number of hydrogen-bond acceptors (Lipinski definition) is 7. The zero-order chi connectivity index (χ0) is 29.9. The average molecular weight is 572 g/mol. The van der Waals surface area contributed by atoms with Crippen LogP contribution in [0.15, 0.2) is 36.4 Å². The van der Waals surface area contributed by atoms with Crippen molar-refractivity contribution in [1.29, 1.82) is 5.26 Å². The summed E-state index contributed by atoms with van der Waals surface area (Å²) in [5.41, 5.74) is 0.199. The number of nitriles is 1. The van der Waals surface area contributed by atoms with Crippen molar-refractivity contribution in [2.75, 3.05) is 36.5 Å². The summed E-state index contributed by atoms with van der Waals surface area (Å²) in [6.07, 6.45) is -3.70. The second-order valence-corrected chi connectivity index (χ2v) is 11.9. The number of alkyl halides is 3. The molecule has 3 atom stereocenters. The number of amides is 3. The van der Waals surface area contributed by atoms with Crippen LogP contribution in [-0.4, -0.2) is 72.7 Å². The van der Waals surface area contributed by atoms with Crippen LogP contribution in [-0.2, 0) is 9.63 Å². The smallest absolute Gasteiger partial charge is 0.350 e. The zero-order valence-electron chi connectivity index (χ0n) is 23.1. The number of urea groups is 1. The molecule has 216 valence electrons. The molecule has 10 nitrogen and oxygen atoms in total. The van der Waals surface area contributed by atoms with Gasteiger partial charge in [-0.3, -0.25) is 9.63 Å². The number of aromatic nitrogens is 1. The van der Waals surface area contributed by atoms with Crippen molar-refractivity contribution in [2.24, 2.45) is 5.41 Å². The number of quaternary nitrogens is 1. The molecular formula is C28H30F3N6O4+. The first-order valence-corrected chi connectivity index (χ1v) is 13.2. The molecule has 2 bridgehead atoms. The number of piperazine rings is 1. The molecule has 2 aromatic rings. The Morgan fingerprint density at radius 3 is 2.44 bits per heavy atom. The van der Waals surface area contributed by atoms with Crippen LogP contribution in [0.5, 0.6) is 0 Å². The molecule has 0 N–H and O–H groups in total. The Morgan fingerprint density at radius 2 is 1.83 bits per heavy atom. The summed E-state index contributed by atoms with van der Waals surface area (Å²) in [6.45, 7) is 5.87. The third kappa shape index (κ3) is 4.97. The summed E-state index contributed by atoms with van der Waals surface area (Å²) < 4.78 is 38.5. The molecule has 0 spiro atoms. The first-order chi connectivity index (χ1) is 19.1. The number of carbonyl (C=O) groups excluding carboxylic acids is 3. The predicted molar refractivity (Wildman–Crippen MR) is 143 cm³/mol. The van der Waals surface area contributed by atoms with Gasteiger partial charge in [-0.05, 0) is 41.8 Å². The fourth-order valence-corrected chi connectivity index (χ4v) is 5.94. The molecule has 4 aliphatic rings. The van der Waals surface area contributed by atoms with Gasteiger partial charge in [-0.25, -0.2) is 19.5 Å². The van der Waals surface area contributed by atoms with Crippen LogP contribution in [0.25, 0.3) is 0 Å². The fourth-order valence-electron chi connectivity index (χ4n) is 5.94. The van der Waals surface area contributed by atoms with Gasteiger partial charge in [0.25, 0.3) is 5.91 Å². The first-order valence-electron chi connectivity index (χ1n) is 13.2. The van der Waals surface area contributed by atoms with E-state index in [2.05, 4.69) is 11.1 Å². The van der Waals surface area contributed by atoms with Gasteiger partial charge in [0.05, 0.1) is 11.6 Å². The lowest BCUT2D eigenvalue weighted by molar-refractivity contribution is -0.226. The van der Waals surface area contributed by atoms with Crippen LogP contribution in [0, 0.1) is 16.7 Å². The molecule has 3 fully saturated rings. The number of nitrogens with zero attached hydrogens (tertiary/aromatic N) is 6. The van der Waals surface area contributed by atoms with E-state index < -0.39 is 28.2 Å². The number of anilines is 2. The number of hydrogen-bond donors (Lipinski definition) is 0. The van der Waals surface area contributed by atoms with E-state index in [4.69, 9.17) is 4.84 Å². The Labute approximate surface area is 235 Å². The largest absolute Gasteiger partial charge is 0.497 e. The molecule has 4 aliphatic heterocycles. The van der Waals surface area contributed by atoms with Gasteiger partial charge in [-0.2, -0.15) is 18.4 Å². The van der Waals surface area contributed by atoms with E-state index in [9.17, 15) is 32.8 Å². The van der Waals surface area contributed by atoms with Gasteiger partial charge in [0.1, 0.15) is 12.4 Å². The van der Waals surface area contributed by atoms with Gasteiger partial charge >= 0.3 is 18.2 Å². The van der Waals surface area contributed by atoms with Gasteiger partial charge in [0.2, 0.25) is 11.5 Å². The number of hydroxylamine groups is 2. The second kappa shape index (κ2) is 9.73. The molecule has 41 heavy (non-hydrogen) atoms. The number of benzene rings is 1. The van der Waals surface area contributed by atoms with E-state index in [1.807, 2.05) is 9.80 Å². The first kappa shape index (κ1) is 28.4. The van der Waals surface area contributed by atoms with Crippen molar-refractivity contribution < 1.29 is 32.4 Å². The molecule has 0 saturated carbocycles. The maximum Gasteiger partial charge on any atom is 0.497 e. The van der Waals surface area contributed by atoms with Crippen LogP contribution in [0.2, 0.25) is 0 Å². The molecule has 13 heteroatoms. The molecule has 1 aromatic carbocycles. The number of halogens is 3. The lowest BCUT2D eigenvalue weighted by Gasteiger charge is -2.52. The van der Waals surface area contributed by atoms with Crippen molar-refractivity contribution in [3.63, 3.8) is 0 Å². The summed E-state index contributed by atoms with van der Waals surface area (Å²) in [5.74, 6) is -2.00. The molecular weight excluding hydrogens is 541 g/mol. The summed E-state index contributed by atoms with van der Waals surface area (Å²) >= 11 is 0. The van der Waals surface area contributed by atoms with Crippen LogP contribution in [0.3, 0.4) is 0 Å². The number of piperidine rings is 2. The highest BCUT2D eigenvalue weighted by atomic mass is 19.4. The maximum absolute atomic E-state index is 13.5. The fraction of sp³-hybridized carbons (Fsp3) is 0.464. The van der Waals surface area contributed by atoms with Crippen LogP contribution in [0.4, 0.5) is 35.3 Å². The van der Waals surface area contributed by atoms with Crippen LogP contribution < -0.4 is 14.4 Å². The number of rotatable bonds is 4. The zero-order valence-corrected chi connectivity index (χ0v) is 23.1. The Morgan fingerprint density at radius 1 is 1.12 bits per heavy atom. The Kier molecular flexibility index (Phi) is 6.73. The molecule has 0 radical (unpaired) electrons. The van der Waals surface area contributed by atoms with Gasteiger partial charge in [-0.15, -0.1) is 0 Å². The minimum absolute atomic E-state index is 0.0464. The number of pyridine rings is 1. The van der Waals surface area contributed by atoms with E-state index in [-0.39, 0.29) is 36.0 Å². The molecule has 6 rings (SSSR count). The van der Waals surface area contributed by atoms with E-state index in [0.717, 1.165) is 17.7 Å². The highest BCUT2D eigenvalue weighted by Gasteiger charge is 2.61. The van der Waals surface area contributed by atoms with Gasteiger partial charge < -0.3 is 9.80 Å². The predicted octanol–water partition coefficient (Wildman–Crippen LogP) is 4.39. The lowest BCUT2D eigenvalue weighted by Crippen LogP contribution is -2.64. The quantitative estimate of drug-likeness (QED) is 0.501. The summed E-state index contributed by atoms with van der Waals surface area (Å²) in [5, 5.41) is 9.20. The minimum atomic E-state index is -5.29. The molecule has 0 aliphatic carbocycles. The van der Waals surface area contributed by atoms with E-state index in [1.165, 1.54) is 13.1 Å². The Hall–Kier alpha value is -4.18. The molecule has 3 amide bonds. The van der Waals surface area contributed by atoms with Crippen LogP contribution >= 0.6 is 0 Å². The summed E-state index contributed by atoms with van der Waals surface area (Å²) in [4.78, 5) is 53.4. The lowest BCUT2D eigenvalue weighted by atomic mass is 9.90. The molecule has 5 heterocycles. The van der Waals surface area contributed by atoms with Crippen molar-refractivity contribution in [2.45, 2.75) is 51.9 Å². The normalized spacial score (nSPS) is 23.9. The number of fused-ring (bicyclic) bond motifs is 4. The average Bonchev–Trinajstić information content (AvgIpc) is 3.12. The van der Waals surface area contributed by atoms with Crippen molar-refractivity contribution in [1.82, 2.24) is 14.5 Å². The van der Waals surface area contributed by atoms with Crippen molar-refractivity contribution >= 4 is 35.2 Å². The summed E-state index contributed by atoms with van der Waals surface area (Å²) in [7, 11) is 1.39. The SMILES string of the molecule is CN1C(=O)[N+](CC(C)(C)C)(OC(=O)C(F)(F)F)c2ccc(N3CC4CCC3CN4C(=O)c3cccc(C#N)c3)nc21. The third-order valence-electron chi connectivity index (χ3n) is 7.63. The highest BCUT2D eigenvalue weighted by Crippen LogP contribution is 2.46.